The third kappa shape index (κ3) is 4.63. The Morgan fingerprint density at radius 1 is 0.857 bits per heavy atom. The summed E-state index contributed by atoms with van der Waals surface area (Å²) >= 11 is 0. The fourth-order valence-corrected chi connectivity index (χ4v) is 3.85. The highest BCUT2D eigenvalue weighted by atomic mass is 32.2. The quantitative estimate of drug-likeness (QED) is 0.630. The minimum Gasteiger partial charge on any atom is -0.351 e. The molecule has 3 N–H and O–H groups in total. The van der Waals surface area contributed by atoms with Crippen LogP contribution in [0.15, 0.2) is 82.6 Å². The Hall–Kier alpha value is -3.45. The number of benzene rings is 3. The number of amides is 2. The minimum absolute atomic E-state index is 0.0494. The Kier molecular flexibility index (Phi) is 5.56. The van der Waals surface area contributed by atoms with Gasteiger partial charge in [0.05, 0.1) is 9.79 Å². The number of nitrogens with two attached hydrogens (primary N) is 1. The molecule has 0 atom stereocenters. The van der Waals surface area contributed by atoms with Gasteiger partial charge in [-0.15, -0.1) is 0 Å². The molecule has 0 heterocycles. The van der Waals surface area contributed by atoms with Crippen molar-refractivity contribution in [1.82, 2.24) is 0 Å². The van der Waals surface area contributed by atoms with Gasteiger partial charge in [-0.25, -0.2) is 17.6 Å². The lowest BCUT2D eigenvalue weighted by molar-refractivity contribution is 0.259. The molecule has 0 bridgehead atoms. The second kappa shape index (κ2) is 8.06. The molecule has 5 nitrogen and oxygen atoms in total. The van der Waals surface area contributed by atoms with E-state index >= 15 is 0 Å². The highest BCUT2D eigenvalue weighted by Crippen LogP contribution is 2.24. The van der Waals surface area contributed by atoms with Gasteiger partial charge in [0, 0.05) is 5.69 Å². The molecule has 3 rings (SSSR count). The molecular formula is C21H17FN2O3S. The van der Waals surface area contributed by atoms with Crippen molar-refractivity contribution in [3.05, 3.63) is 89.7 Å². The molecule has 0 aromatic heterocycles. The molecule has 2 amide bonds. The maximum atomic E-state index is 12.9. The van der Waals surface area contributed by atoms with E-state index in [1.54, 1.807) is 36.4 Å². The van der Waals surface area contributed by atoms with E-state index in [0.29, 0.717) is 5.69 Å². The molecule has 7 heteroatoms. The Morgan fingerprint density at radius 3 is 2.00 bits per heavy atom. The summed E-state index contributed by atoms with van der Waals surface area (Å²) in [4.78, 5) is 11.1. The van der Waals surface area contributed by atoms with E-state index in [4.69, 9.17) is 5.73 Å². The first-order valence-corrected chi connectivity index (χ1v) is 9.78. The summed E-state index contributed by atoms with van der Waals surface area (Å²) in [5.41, 5.74) is 6.99. The van der Waals surface area contributed by atoms with Crippen molar-refractivity contribution in [2.45, 2.75) is 9.79 Å². The van der Waals surface area contributed by atoms with E-state index in [1.807, 2.05) is 6.08 Å². The highest BCUT2D eigenvalue weighted by molar-refractivity contribution is 7.91. The summed E-state index contributed by atoms with van der Waals surface area (Å²) in [6, 6.07) is 17.5. The highest BCUT2D eigenvalue weighted by Gasteiger charge is 2.18. The van der Waals surface area contributed by atoms with Crippen LogP contribution >= 0.6 is 0 Å². The molecule has 0 unspecified atom stereocenters. The number of hydrogen-bond acceptors (Lipinski definition) is 3. The van der Waals surface area contributed by atoms with Crippen LogP contribution in [0.4, 0.5) is 14.9 Å². The van der Waals surface area contributed by atoms with Crippen LogP contribution in [0.1, 0.15) is 11.1 Å². The number of sulfone groups is 1. The van der Waals surface area contributed by atoms with Crippen LogP contribution in [-0.2, 0) is 9.84 Å². The first-order valence-electron chi connectivity index (χ1n) is 8.30. The maximum Gasteiger partial charge on any atom is 0.316 e. The minimum atomic E-state index is -3.74. The summed E-state index contributed by atoms with van der Waals surface area (Å²) < 4.78 is 38.5. The fraction of sp³-hybridized carbons (Fsp3) is 0. The number of anilines is 1. The van der Waals surface area contributed by atoms with Crippen molar-refractivity contribution >= 4 is 33.7 Å². The van der Waals surface area contributed by atoms with Gasteiger partial charge in [0.1, 0.15) is 5.82 Å². The van der Waals surface area contributed by atoms with Crippen molar-refractivity contribution < 1.29 is 17.6 Å². The van der Waals surface area contributed by atoms with Gasteiger partial charge in [-0.05, 0) is 53.6 Å². The summed E-state index contributed by atoms with van der Waals surface area (Å²) in [6.07, 6.45) is 3.61. The first-order chi connectivity index (χ1) is 13.3. The smallest absolute Gasteiger partial charge is 0.316 e. The van der Waals surface area contributed by atoms with Crippen molar-refractivity contribution in [3.8, 4) is 0 Å². The van der Waals surface area contributed by atoms with Gasteiger partial charge >= 0.3 is 6.03 Å². The van der Waals surface area contributed by atoms with Crippen LogP contribution in [0.5, 0.6) is 0 Å². The van der Waals surface area contributed by atoms with Gasteiger partial charge < -0.3 is 11.1 Å². The number of urea groups is 1. The van der Waals surface area contributed by atoms with Crippen molar-refractivity contribution in [2.75, 3.05) is 5.32 Å². The molecule has 0 aliphatic rings. The number of halogens is 1. The number of rotatable bonds is 5. The standard InChI is InChI=1S/C21H17FN2O3S/c22-17-10-6-15(7-11-17)4-5-16-8-12-19(13-9-16)28(26,27)20-3-1-2-18(14-20)24-21(23)25/h1-14H,(H3,23,24,25)/b5-4-. The maximum absolute atomic E-state index is 12.9. The van der Waals surface area contributed by atoms with Crippen molar-refractivity contribution in [2.24, 2.45) is 5.73 Å². The van der Waals surface area contributed by atoms with E-state index in [2.05, 4.69) is 5.32 Å². The zero-order chi connectivity index (χ0) is 20.1. The Bertz CT molecular complexity index is 1120. The Morgan fingerprint density at radius 2 is 1.43 bits per heavy atom. The van der Waals surface area contributed by atoms with Gasteiger partial charge in [-0.2, -0.15) is 0 Å². The SMILES string of the molecule is NC(=O)Nc1cccc(S(=O)(=O)c2ccc(/C=C\c3ccc(F)cc3)cc2)c1. The fourth-order valence-electron chi connectivity index (χ4n) is 2.54. The Balaban J connectivity index is 1.82. The van der Waals surface area contributed by atoms with Crippen LogP contribution < -0.4 is 11.1 Å². The molecule has 0 aliphatic heterocycles. The zero-order valence-corrected chi connectivity index (χ0v) is 15.5. The number of nitrogens with one attached hydrogen (secondary N) is 1. The van der Waals surface area contributed by atoms with E-state index in [0.717, 1.165) is 11.1 Å². The van der Waals surface area contributed by atoms with Crippen molar-refractivity contribution in [1.29, 1.82) is 0 Å². The molecule has 0 spiro atoms. The lowest BCUT2D eigenvalue weighted by Gasteiger charge is -2.07. The van der Waals surface area contributed by atoms with Gasteiger partial charge in [0.15, 0.2) is 0 Å². The molecular weight excluding hydrogens is 379 g/mol. The summed E-state index contributed by atoms with van der Waals surface area (Å²) in [5, 5.41) is 2.36. The number of hydrogen-bond donors (Lipinski definition) is 2. The molecule has 28 heavy (non-hydrogen) atoms. The van der Waals surface area contributed by atoms with E-state index in [1.165, 1.54) is 42.5 Å². The van der Waals surface area contributed by atoms with Crippen LogP contribution in [-0.4, -0.2) is 14.4 Å². The summed E-state index contributed by atoms with van der Waals surface area (Å²) in [5.74, 6) is -0.304. The predicted molar refractivity (Wildman–Crippen MR) is 107 cm³/mol. The molecule has 0 aliphatic carbocycles. The molecule has 0 fully saturated rings. The zero-order valence-electron chi connectivity index (χ0n) is 14.7. The van der Waals surface area contributed by atoms with E-state index < -0.39 is 15.9 Å². The van der Waals surface area contributed by atoms with Crippen LogP contribution in [0.3, 0.4) is 0 Å². The first kappa shape index (κ1) is 19.3. The lowest BCUT2D eigenvalue weighted by Crippen LogP contribution is -2.19. The predicted octanol–water partition coefficient (Wildman–Crippen LogP) is 4.32. The van der Waals surface area contributed by atoms with Crippen LogP contribution in [0, 0.1) is 5.82 Å². The third-order valence-electron chi connectivity index (χ3n) is 3.94. The van der Waals surface area contributed by atoms with E-state index in [9.17, 15) is 17.6 Å². The summed E-state index contributed by atoms with van der Waals surface area (Å²) in [6.45, 7) is 0. The number of primary amides is 1. The largest absolute Gasteiger partial charge is 0.351 e. The molecule has 142 valence electrons. The monoisotopic (exact) mass is 396 g/mol. The molecule has 0 saturated heterocycles. The normalized spacial score (nSPS) is 11.5. The van der Waals surface area contributed by atoms with Crippen LogP contribution in [0.25, 0.3) is 12.2 Å². The Labute approximate surface area is 162 Å². The summed E-state index contributed by atoms with van der Waals surface area (Å²) in [7, 11) is -3.74. The van der Waals surface area contributed by atoms with Crippen molar-refractivity contribution in [3.63, 3.8) is 0 Å². The van der Waals surface area contributed by atoms with Gasteiger partial charge in [-0.3, -0.25) is 0 Å². The molecule has 3 aromatic rings. The second-order valence-corrected chi connectivity index (χ2v) is 7.92. The lowest BCUT2D eigenvalue weighted by atomic mass is 10.1. The average Bonchev–Trinajstić information content (AvgIpc) is 2.67. The van der Waals surface area contributed by atoms with E-state index in [-0.39, 0.29) is 15.6 Å². The van der Waals surface area contributed by atoms with Gasteiger partial charge in [-0.1, -0.05) is 42.5 Å². The number of carbonyl (C=O) groups excluding carboxylic acids is 1. The van der Waals surface area contributed by atoms with Gasteiger partial charge in [0.2, 0.25) is 9.84 Å². The number of carbonyl (C=O) groups is 1. The topological polar surface area (TPSA) is 89.3 Å². The third-order valence-corrected chi connectivity index (χ3v) is 5.71. The average molecular weight is 396 g/mol. The molecule has 3 aromatic carbocycles. The second-order valence-electron chi connectivity index (χ2n) is 5.97. The van der Waals surface area contributed by atoms with Crippen LogP contribution in [0.2, 0.25) is 0 Å². The molecule has 0 radical (unpaired) electrons. The molecule has 0 saturated carbocycles. The van der Waals surface area contributed by atoms with Gasteiger partial charge in [0.25, 0.3) is 0 Å².